The molecule has 0 radical (unpaired) electrons. The predicted molar refractivity (Wildman–Crippen MR) is 49.1 cm³/mol. The van der Waals surface area contributed by atoms with Gasteiger partial charge < -0.3 is 9.84 Å². The molecule has 5 nitrogen and oxygen atoms in total. The average Bonchev–Trinajstić information content (AvgIpc) is 2.57. The maximum atomic E-state index is 11.7. The molecule has 76 valence electrons. The minimum atomic E-state index is -0.615. The number of aromatic nitrogens is 2. The number of hydrogen-bond donors (Lipinski definition) is 1. The molecule has 0 bridgehead atoms. The van der Waals surface area contributed by atoms with Crippen LogP contribution in [0.25, 0.3) is 0 Å². The molecule has 5 heteroatoms. The topological polar surface area (TPSA) is 64.3 Å². The van der Waals surface area contributed by atoms with Crippen LogP contribution in [0.5, 0.6) is 0 Å². The molecule has 14 heavy (non-hydrogen) atoms. The van der Waals surface area contributed by atoms with Gasteiger partial charge in [-0.05, 0) is 6.92 Å². The van der Waals surface area contributed by atoms with Crippen LogP contribution in [-0.4, -0.2) is 34.0 Å². The van der Waals surface area contributed by atoms with E-state index in [1.165, 1.54) is 17.1 Å². The summed E-state index contributed by atoms with van der Waals surface area (Å²) in [7, 11) is 0. The first kappa shape index (κ1) is 9.36. The minimum absolute atomic E-state index is 0.116. The molecule has 2 unspecified atom stereocenters. The molecule has 1 saturated heterocycles. The number of hydrogen-bond acceptors (Lipinski definition) is 4. The van der Waals surface area contributed by atoms with Gasteiger partial charge in [0.2, 0.25) is 0 Å². The lowest BCUT2D eigenvalue weighted by molar-refractivity contribution is 0.119. The Morgan fingerprint density at radius 3 is 3.07 bits per heavy atom. The van der Waals surface area contributed by atoms with E-state index in [1.54, 1.807) is 6.92 Å². The molecule has 1 aliphatic rings. The third-order valence-electron chi connectivity index (χ3n) is 2.41. The largest absolute Gasteiger partial charge is 0.388 e. The second-order valence-corrected chi connectivity index (χ2v) is 3.46. The molecule has 0 spiro atoms. The first-order valence-corrected chi connectivity index (χ1v) is 4.48. The summed E-state index contributed by atoms with van der Waals surface area (Å²) >= 11 is 0. The standard InChI is InChI=1S/C9H12N2O3/c1-6-2-10-5-11(9(6)13)7-3-14-4-8(7)12/h2,5,7-8,12H,3-4H2,1H3. The van der Waals surface area contributed by atoms with E-state index in [0.717, 1.165) is 0 Å². The maximum absolute atomic E-state index is 11.7. The summed E-state index contributed by atoms with van der Waals surface area (Å²) in [6, 6.07) is -0.296. The summed E-state index contributed by atoms with van der Waals surface area (Å²) in [5, 5.41) is 9.55. The number of aliphatic hydroxyl groups excluding tert-OH is 1. The predicted octanol–water partition coefficient (Wildman–Crippen LogP) is -0.516. The van der Waals surface area contributed by atoms with Crippen molar-refractivity contribution >= 4 is 0 Å². The van der Waals surface area contributed by atoms with Gasteiger partial charge in [0.15, 0.2) is 0 Å². The van der Waals surface area contributed by atoms with Gasteiger partial charge >= 0.3 is 0 Å². The number of nitrogens with zero attached hydrogens (tertiary/aromatic N) is 2. The lowest BCUT2D eigenvalue weighted by Crippen LogP contribution is -2.32. The summed E-state index contributed by atoms with van der Waals surface area (Å²) in [5.74, 6) is 0. The molecule has 0 aromatic carbocycles. The Kier molecular flexibility index (Phi) is 2.35. The van der Waals surface area contributed by atoms with Crippen molar-refractivity contribution in [3.05, 3.63) is 28.4 Å². The number of aliphatic hydroxyl groups is 1. The third kappa shape index (κ3) is 1.44. The second kappa shape index (κ2) is 3.51. The van der Waals surface area contributed by atoms with Gasteiger partial charge in [-0.2, -0.15) is 0 Å². The normalized spacial score (nSPS) is 26.7. The molecule has 1 fully saturated rings. The van der Waals surface area contributed by atoms with Crippen LogP contribution in [0, 0.1) is 6.92 Å². The first-order valence-electron chi connectivity index (χ1n) is 4.48. The average molecular weight is 196 g/mol. The van der Waals surface area contributed by atoms with Gasteiger partial charge in [-0.25, -0.2) is 4.98 Å². The van der Waals surface area contributed by atoms with Crippen LogP contribution < -0.4 is 5.56 Å². The molecule has 2 heterocycles. The monoisotopic (exact) mass is 196 g/mol. The van der Waals surface area contributed by atoms with Gasteiger partial charge in [-0.15, -0.1) is 0 Å². The van der Waals surface area contributed by atoms with Crippen molar-refractivity contribution in [2.45, 2.75) is 19.1 Å². The van der Waals surface area contributed by atoms with Gasteiger partial charge in [0, 0.05) is 11.8 Å². The van der Waals surface area contributed by atoms with Crippen LogP contribution in [0.3, 0.4) is 0 Å². The molecule has 2 rings (SSSR count). The summed E-state index contributed by atoms with van der Waals surface area (Å²) in [4.78, 5) is 15.6. The fraction of sp³-hybridized carbons (Fsp3) is 0.556. The molecule has 0 saturated carbocycles. The quantitative estimate of drug-likeness (QED) is 0.656. The highest BCUT2D eigenvalue weighted by molar-refractivity contribution is 5.02. The Hall–Kier alpha value is -1.20. The highest BCUT2D eigenvalue weighted by atomic mass is 16.5. The van der Waals surface area contributed by atoms with Crippen molar-refractivity contribution in [3.63, 3.8) is 0 Å². The van der Waals surface area contributed by atoms with Crippen molar-refractivity contribution in [1.29, 1.82) is 0 Å². The van der Waals surface area contributed by atoms with E-state index in [2.05, 4.69) is 4.98 Å². The zero-order valence-corrected chi connectivity index (χ0v) is 7.88. The highest BCUT2D eigenvalue weighted by Crippen LogP contribution is 2.16. The van der Waals surface area contributed by atoms with Gasteiger partial charge in [-0.1, -0.05) is 0 Å². The maximum Gasteiger partial charge on any atom is 0.256 e. The SMILES string of the molecule is Cc1cncn(C2COCC2O)c1=O. The van der Waals surface area contributed by atoms with Crippen LogP contribution in [0.1, 0.15) is 11.6 Å². The van der Waals surface area contributed by atoms with E-state index in [9.17, 15) is 9.90 Å². The van der Waals surface area contributed by atoms with Crippen molar-refractivity contribution in [1.82, 2.24) is 9.55 Å². The van der Waals surface area contributed by atoms with E-state index < -0.39 is 6.10 Å². The summed E-state index contributed by atoms with van der Waals surface area (Å²) in [5.41, 5.74) is 0.459. The van der Waals surface area contributed by atoms with E-state index in [4.69, 9.17) is 4.74 Å². The number of ether oxygens (including phenoxy) is 1. The Bertz CT molecular complexity index is 388. The summed E-state index contributed by atoms with van der Waals surface area (Å²) in [6.07, 6.45) is 2.34. The van der Waals surface area contributed by atoms with Gasteiger partial charge in [-0.3, -0.25) is 9.36 Å². The molecule has 0 aliphatic carbocycles. The van der Waals surface area contributed by atoms with E-state index in [0.29, 0.717) is 12.2 Å². The highest BCUT2D eigenvalue weighted by Gasteiger charge is 2.28. The molecule has 1 aliphatic heterocycles. The van der Waals surface area contributed by atoms with Gasteiger partial charge in [0.05, 0.1) is 25.6 Å². The van der Waals surface area contributed by atoms with E-state index >= 15 is 0 Å². The van der Waals surface area contributed by atoms with Crippen molar-refractivity contribution < 1.29 is 9.84 Å². The van der Waals surface area contributed by atoms with Crippen LogP contribution in [0.15, 0.2) is 17.3 Å². The summed E-state index contributed by atoms with van der Waals surface area (Å²) < 4.78 is 6.52. The van der Waals surface area contributed by atoms with Gasteiger partial charge in [0.25, 0.3) is 5.56 Å². The van der Waals surface area contributed by atoms with Crippen LogP contribution >= 0.6 is 0 Å². The minimum Gasteiger partial charge on any atom is -0.388 e. The van der Waals surface area contributed by atoms with E-state index in [-0.39, 0.29) is 18.2 Å². The first-order chi connectivity index (χ1) is 6.70. The van der Waals surface area contributed by atoms with Crippen LogP contribution in [0.2, 0.25) is 0 Å². The Balaban J connectivity index is 2.41. The zero-order valence-electron chi connectivity index (χ0n) is 7.88. The molecule has 1 aromatic rings. The van der Waals surface area contributed by atoms with E-state index in [1.807, 2.05) is 0 Å². The molecular weight excluding hydrogens is 184 g/mol. The zero-order chi connectivity index (χ0) is 10.1. The molecule has 1 N–H and O–H groups in total. The third-order valence-corrected chi connectivity index (χ3v) is 2.41. The van der Waals surface area contributed by atoms with Crippen LogP contribution in [0.4, 0.5) is 0 Å². The smallest absolute Gasteiger partial charge is 0.256 e. The Labute approximate surface area is 81.0 Å². The molecule has 0 amide bonds. The fourth-order valence-corrected chi connectivity index (χ4v) is 1.56. The van der Waals surface area contributed by atoms with Crippen molar-refractivity contribution in [2.75, 3.05) is 13.2 Å². The molecule has 2 atom stereocenters. The Morgan fingerprint density at radius 1 is 1.64 bits per heavy atom. The second-order valence-electron chi connectivity index (χ2n) is 3.46. The number of rotatable bonds is 1. The molecular formula is C9H12N2O3. The lowest BCUT2D eigenvalue weighted by Gasteiger charge is -2.15. The van der Waals surface area contributed by atoms with Crippen molar-refractivity contribution in [3.8, 4) is 0 Å². The number of aryl methyl sites for hydroxylation is 1. The van der Waals surface area contributed by atoms with Crippen LogP contribution in [-0.2, 0) is 4.74 Å². The van der Waals surface area contributed by atoms with Gasteiger partial charge in [0.1, 0.15) is 6.10 Å². The Morgan fingerprint density at radius 2 is 2.43 bits per heavy atom. The fourth-order valence-electron chi connectivity index (χ4n) is 1.56. The summed E-state index contributed by atoms with van der Waals surface area (Å²) in [6.45, 7) is 2.35. The lowest BCUT2D eigenvalue weighted by atomic mass is 10.2. The molecule has 1 aromatic heterocycles. The van der Waals surface area contributed by atoms with Crippen molar-refractivity contribution in [2.24, 2.45) is 0 Å².